The average molecular weight is 451 g/mol. The number of halogens is 2. The third-order valence-electron chi connectivity index (χ3n) is 4.47. The summed E-state index contributed by atoms with van der Waals surface area (Å²) in [6.45, 7) is 10.9. The van der Waals surface area contributed by atoms with E-state index in [1.165, 1.54) is 17.7 Å². The molecule has 2 N–H and O–H groups in total. The van der Waals surface area contributed by atoms with Gasteiger partial charge in [0.15, 0.2) is 6.61 Å². The summed E-state index contributed by atoms with van der Waals surface area (Å²) in [6, 6.07) is 12.2. The quantitative estimate of drug-likeness (QED) is 0.566. The number of ether oxygens (including phenoxy) is 1. The summed E-state index contributed by atoms with van der Waals surface area (Å²) >= 11 is 11.8. The van der Waals surface area contributed by atoms with Crippen LogP contribution in [-0.2, 0) is 10.2 Å². The van der Waals surface area contributed by atoms with Crippen molar-refractivity contribution < 1.29 is 14.3 Å². The molecule has 0 unspecified atom stereocenters. The lowest BCUT2D eigenvalue weighted by Gasteiger charge is -2.33. The van der Waals surface area contributed by atoms with Crippen LogP contribution in [-0.4, -0.2) is 18.4 Å². The zero-order chi connectivity index (χ0) is 22.5. The van der Waals surface area contributed by atoms with E-state index >= 15 is 0 Å². The van der Waals surface area contributed by atoms with Crippen LogP contribution >= 0.6 is 23.2 Å². The highest BCUT2D eigenvalue weighted by atomic mass is 35.5. The van der Waals surface area contributed by atoms with Gasteiger partial charge in [0, 0.05) is 5.02 Å². The molecule has 0 radical (unpaired) electrons. The van der Waals surface area contributed by atoms with E-state index in [9.17, 15) is 9.59 Å². The fourth-order valence-corrected chi connectivity index (χ4v) is 3.98. The van der Waals surface area contributed by atoms with Crippen LogP contribution in [0.25, 0.3) is 0 Å². The van der Waals surface area contributed by atoms with Gasteiger partial charge in [-0.3, -0.25) is 20.4 Å². The van der Waals surface area contributed by atoms with Gasteiger partial charge in [0.1, 0.15) is 5.75 Å². The van der Waals surface area contributed by atoms with E-state index in [1.807, 2.05) is 24.3 Å². The fourth-order valence-electron chi connectivity index (χ4n) is 3.48. The molecule has 30 heavy (non-hydrogen) atoms. The van der Waals surface area contributed by atoms with Crippen molar-refractivity contribution in [3.05, 3.63) is 63.6 Å². The second-order valence-electron chi connectivity index (χ2n) is 9.06. The summed E-state index contributed by atoms with van der Waals surface area (Å²) in [5.41, 5.74) is 6.26. The Morgan fingerprint density at radius 2 is 1.57 bits per heavy atom. The van der Waals surface area contributed by atoms with Gasteiger partial charge in [-0.05, 0) is 53.1 Å². The van der Waals surface area contributed by atoms with Crippen molar-refractivity contribution in [1.82, 2.24) is 10.9 Å². The number of amides is 2. The van der Waals surface area contributed by atoms with Gasteiger partial charge in [-0.1, -0.05) is 70.0 Å². The maximum Gasteiger partial charge on any atom is 0.276 e. The predicted molar refractivity (Wildman–Crippen MR) is 121 cm³/mol. The third kappa shape index (κ3) is 7.22. The smallest absolute Gasteiger partial charge is 0.276 e. The number of hydrazine groups is 1. The normalized spacial score (nSPS) is 11.7. The molecule has 0 aliphatic heterocycles. The minimum atomic E-state index is -0.546. The Hall–Kier alpha value is -2.24. The molecule has 0 saturated carbocycles. The summed E-state index contributed by atoms with van der Waals surface area (Å²) in [5.74, 6) is -0.464. The Balaban J connectivity index is 1.85. The van der Waals surface area contributed by atoms with Crippen LogP contribution in [0.2, 0.25) is 10.0 Å². The van der Waals surface area contributed by atoms with Gasteiger partial charge in [0.2, 0.25) is 0 Å². The van der Waals surface area contributed by atoms with E-state index in [1.54, 1.807) is 6.07 Å². The molecule has 2 rings (SSSR count). The van der Waals surface area contributed by atoms with Crippen LogP contribution in [0.3, 0.4) is 0 Å². The molecule has 162 valence electrons. The molecular weight excluding hydrogens is 423 g/mol. The van der Waals surface area contributed by atoms with Crippen molar-refractivity contribution in [2.24, 2.45) is 5.41 Å². The van der Waals surface area contributed by atoms with Crippen LogP contribution in [0.4, 0.5) is 0 Å². The number of benzene rings is 2. The summed E-state index contributed by atoms with van der Waals surface area (Å²) in [4.78, 5) is 24.1. The SMILES string of the molecule is CC(C)(C)CC(C)(C)c1ccc(OCC(=O)NNC(=O)c2ccc(Cl)cc2Cl)cc1. The van der Waals surface area contributed by atoms with E-state index in [-0.39, 0.29) is 28.0 Å². The Morgan fingerprint density at radius 3 is 2.13 bits per heavy atom. The van der Waals surface area contributed by atoms with Crippen LogP contribution in [0, 0.1) is 5.41 Å². The van der Waals surface area contributed by atoms with E-state index in [0.29, 0.717) is 10.8 Å². The van der Waals surface area contributed by atoms with E-state index < -0.39 is 11.8 Å². The Morgan fingerprint density at radius 1 is 0.933 bits per heavy atom. The Bertz CT molecular complexity index is 904. The number of hydrogen-bond acceptors (Lipinski definition) is 3. The molecule has 0 aliphatic rings. The number of hydrogen-bond donors (Lipinski definition) is 2. The van der Waals surface area contributed by atoms with Crippen molar-refractivity contribution in [2.75, 3.05) is 6.61 Å². The fraction of sp³-hybridized carbons (Fsp3) is 0.391. The van der Waals surface area contributed by atoms with Crippen LogP contribution in [0.5, 0.6) is 5.75 Å². The van der Waals surface area contributed by atoms with E-state index in [0.717, 1.165) is 6.42 Å². The van der Waals surface area contributed by atoms with Crippen molar-refractivity contribution >= 4 is 35.0 Å². The van der Waals surface area contributed by atoms with Crippen LogP contribution in [0.1, 0.15) is 57.0 Å². The maximum atomic E-state index is 12.1. The number of carbonyl (C=O) groups is 2. The Labute approximate surface area is 188 Å². The molecule has 0 bridgehead atoms. The molecule has 5 nitrogen and oxygen atoms in total. The second kappa shape index (κ2) is 9.71. The summed E-state index contributed by atoms with van der Waals surface area (Å²) in [6.07, 6.45) is 1.04. The monoisotopic (exact) mass is 450 g/mol. The highest BCUT2D eigenvalue weighted by Gasteiger charge is 2.27. The standard InChI is InChI=1S/C23H28Cl2N2O3/c1-22(2,3)14-23(4,5)15-6-9-17(10-7-15)30-13-20(28)26-27-21(29)18-11-8-16(24)12-19(18)25/h6-12H,13-14H2,1-5H3,(H,26,28)(H,27,29). The number of nitrogens with one attached hydrogen (secondary N) is 2. The average Bonchev–Trinajstić information content (AvgIpc) is 2.63. The lowest BCUT2D eigenvalue weighted by Crippen LogP contribution is -2.43. The van der Waals surface area contributed by atoms with Gasteiger partial charge >= 0.3 is 0 Å². The van der Waals surface area contributed by atoms with Crippen molar-refractivity contribution in [2.45, 2.75) is 46.5 Å². The topological polar surface area (TPSA) is 67.4 Å². The molecule has 2 amide bonds. The summed E-state index contributed by atoms with van der Waals surface area (Å²) in [7, 11) is 0. The molecule has 0 saturated heterocycles. The highest BCUT2D eigenvalue weighted by molar-refractivity contribution is 6.36. The second-order valence-corrected chi connectivity index (χ2v) is 9.90. The predicted octanol–water partition coefficient (Wildman–Crippen LogP) is 5.55. The van der Waals surface area contributed by atoms with Gasteiger partial charge in [0.05, 0.1) is 10.6 Å². The largest absolute Gasteiger partial charge is 0.484 e. The maximum absolute atomic E-state index is 12.1. The first-order chi connectivity index (χ1) is 13.9. The molecule has 7 heteroatoms. The molecule has 0 spiro atoms. The van der Waals surface area contributed by atoms with Gasteiger partial charge < -0.3 is 4.74 Å². The summed E-state index contributed by atoms with van der Waals surface area (Å²) in [5, 5.41) is 0.613. The first-order valence-corrected chi connectivity index (χ1v) is 10.4. The molecule has 0 aromatic heterocycles. The van der Waals surface area contributed by atoms with E-state index in [4.69, 9.17) is 27.9 Å². The first kappa shape index (κ1) is 24.0. The van der Waals surface area contributed by atoms with Crippen LogP contribution in [0.15, 0.2) is 42.5 Å². The van der Waals surface area contributed by atoms with Crippen molar-refractivity contribution in [3.63, 3.8) is 0 Å². The number of rotatable bonds is 6. The zero-order valence-corrected chi connectivity index (χ0v) is 19.4. The molecule has 0 atom stereocenters. The van der Waals surface area contributed by atoms with Gasteiger partial charge in [-0.25, -0.2) is 0 Å². The lowest BCUT2D eigenvalue weighted by atomic mass is 9.72. The van der Waals surface area contributed by atoms with Gasteiger partial charge in [-0.2, -0.15) is 0 Å². The first-order valence-electron chi connectivity index (χ1n) is 9.65. The zero-order valence-electron chi connectivity index (χ0n) is 17.9. The molecule has 0 fully saturated rings. The van der Waals surface area contributed by atoms with Gasteiger partial charge in [-0.15, -0.1) is 0 Å². The third-order valence-corrected chi connectivity index (χ3v) is 5.02. The van der Waals surface area contributed by atoms with E-state index in [2.05, 4.69) is 45.5 Å². The molecule has 2 aromatic carbocycles. The molecule has 2 aromatic rings. The summed E-state index contributed by atoms with van der Waals surface area (Å²) < 4.78 is 5.51. The molecular formula is C23H28Cl2N2O3. The lowest BCUT2D eigenvalue weighted by molar-refractivity contribution is -0.123. The minimum absolute atomic E-state index is 0.0291. The van der Waals surface area contributed by atoms with Crippen LogP contribution < -0.4 is 15.6 Å². The number of carbonyl (C=O) groups excluding carboxylic acids is 2. The van der Waals surface area contributed by atoms with Gasteiger partial charge in [0.25, 0.3) is 11.8 Å². The molecule has 0 aliphatic carbocycles. The minimum Gasteiger partial charge on any atom is -0.484 e. The van der Waals surface area contributed by atoms with Crippen molar-refractivity contribution in [3.8, 4) is 5.75 Å². The Kier molecular flexibility index (Phi) is 7.78. The van der Waals surface area contributed by atoms with Crippen molar-refractivity contribution in [1.29, 1.82) is 0 Å². The molecule has 0 heterocycles. The highest BCUT2D eigenvalue weighted by Crippen LogP contribution is 2.36.